The molecule has 18 heavy (non-hydrogen) atoms. The number of halogens is 3. The minimum Gasteiger partial charge on any atom is -0.333 e. The maximum Gasteiger partial charge on any atom is 0.108 e. The van der Waals surface area contributed by atoms with Gasteiger partial charge in [-0.1, -0.05) is 0 Å². The average molecular weight is 316 g/mol. The Morgan fingerprint density at radius 3 is 2.61 bits per heavy atom. The van der Waals surface area contributed by atoms with E-state index in [0.717, 1.165) is 32.1 Å². The fourth-order valence-corrected chi connectivity index (χ4v) is 2.69. The maximum atomic E-state index is 4.37. The zero-order valence-electron chi connectivity index (χ0n) is 10.2. The Morgan fingerprint density at radius 1 is 1.17 bits per heavy atom. The Hall–Kier alpha value is -0.000000000000000153. The van der Waals surface area contributed by atoms with Crippen molar-refractivity contribution in [2.75, 3.05) is 26.2 Å². The summed E-state index contributed by atoms with van der Waals surface area (Å²) in [7, 11) is 0. The van der Waals surface area contributed by atoms with Crippen molar-refractivity contribution in [3.05, 3.63) is 18.2 Å². The lowest BCUT2D eigenvalue weighted by Crippen LogP contribution is -2.50. The number of imidazole rings is 1. The summed E-state index contributed by atoms with van der Waals surface area (Å²) in [6.45, 7) is 5.83. The molecule has 0 aromatic carbocycles. The Balaban J connectivity index is 0.000000963. The smallest absolute Gasteiger partial charge is 0.108 e. The van der Waals surface area contributed by atoms with Crippen LogP contribution < -0.4 is 5.32 Å². The summed E-state index contributed by atoms with van der Waals surface area (Å²) < 4.78 is 2.32. The first-order valence-electron chi connectivity index (χ1n) is 5.88. The molecular weight excluding hydrogens is 295 g/mol. The molecule has 3 rings (SSSR count). The van der Waals surface area contributed by atoms with E-state index in [2.05, 4.69) is 26.0 Å². The number of nitrogens with zero attached hydrogens (tertiary/aromatic N) is 3. The fourth-order valence-electron chi connectivity index (χ4n) is 2.69. The molecule has 0 radical (unpaired) electrons. The van der Waals surface area contributed by atoms with Gasteiger partial charge in [0.05, 0.1) is 0 Å². The fraction of sp³-hybridized carbons (Fsp3) is 0.727. The molecule has 0 spiro atoms. The van der Waals surface area contributed by atoms with Crippen molar-refractivity contribution in [1.82, 2.24) is 19.8 Å². The second-order valence-corrected chi connectivity index (χ2v) is 4.47. The third-order valence-corrected chi connectivity index (χ3v) is 3.58. The van der Waals surface area contributed by atoms with E-state index >= 15 is 0 Å². The Bertz CT molecular complexity index is 339. The molecule has 0 bridgehead atoms. The molecule has 3 heterocycles. The van der Waals surface area contributed by atoms with E-state index in [1.54, 1.807) is 0 Å². The summed E-state index contributed by atoms with van der Waals surface area (Å²) in [5, 5.41) is 3.41. The quantitative estimate of drug-likeness (QED) is 0.850. The number of aryl methyl sites for hydroxylation is 1. The van der Waals surface area contributed by atoms with E-state index in [9.17, 15) is 0 Å². The molecule has 0 aliphatic carbocycles. The highest BCUT2D eigenvalue weighted by Gasteiger charge is 2.25. The Kier molecular flexibility index (Phi) is 8.23. The van der Waals surface area contributed by atoms with Gasteiger partial charge in [-0.25, -0.2) is 4.98 Å². The van der Waals surface area contributed by atoms with Gasteiger partial charge in [-0.3, -0.25) is 4.90 Å². The number of piperazine rings is 1. The molecule has 1 atom stereocenters. The lowest BCUT2D eigenvalue weighted by molar-refractivity contribution is 0.139. The maximum absolute atomic E-state index is 4.37. The molecular formula is C11H21Cl3N4. The van der Waals surface area contributed by atoms with E-state index in [0.29, 0.717) is 0 Å². The predicted molar refractivity (Wildman–Crippen MR) is 80.5 cm³/mol. The molecule has 106 valence electrons. The number of fused-ring (bicyclic) bond motifs is 1. The molecule has 1 unspecified atom stereocenters. The summed E-state index contributed by atoms with van der Waals surface area (Å²) in [6.07, 6.45) is 6.46. The largest absolute Gasteiger partial charge is 0.333 e. The van der Waals surface area contributed by atoms with Gasteiger partial charge in [0.25, 0.3) is 0 Å². The van der Waals surface area contributed by atoms with Crippen molar-refractivity contribution in [1.29, 1.82) is 0 Å². The number of hydrogen-bond donors (Lipinski definition) is 1. The molecule has 1 N–H and O–H groups in total. The van der Waals surface area contributed by atoms with Crippen molar-refractivity contribution in [3.8, 4) is 0 Å². The van der Waals surface area contributed by atoms with Gasteiger partial charge in [0.15, 0.2) is 0 Å². The van der Waals surface area contributed by atoms with Crippen molar-refractivity contribution in [3.63, 3.8) is 0 Å². The summed E-state index contributed by atoms with van der Waals surface area (Å²) in [5.41, 5.74) is 0. The predicted octanol–water partition coefficient (Wildman–Crippen LogP) is 1.37. The normalized spacial score (nSPS) is 23.0. The number of aromatic nitrogens is 2. The zero-order chi connectivity index (χ0) is 10.1. The highest BCUT2D eigenvalue weighted by molar-refractivity contribution is 5.86. The van der Waals surface area contributed by atoms with Gasteiger partial charge in [0.1, 0.15) is 5.82 Å². The van der Waals surface area contributed by atoms with Crippen LogP contribution in [0.3, 0.4) is 0 Å². The van der Waals surface area contributed by atoms with E-state index in [-0.39, 0.29) is 37.2 Å². The summed E-state index contributed by atoms with van der Waals surface area (Å²) in [4.78, 5) is 6.99. The number of nitrogens with one attached hydrogen (secondary N) is 1. The minimum absolute atomic E-state index is 0. The molecule has 1 fully saturated rings. The van der Waals surface area contributed by atoms with Gasteiger partial charge in [-0.15, -0.1) is 37.2 Å². The van der Waals surface area contributed by atoms with E-state index in [1.165, 1.54) is 25.3 Å². The van der Waals surface area contributed by atoms with E-state index in [1.807, 2.05) is 6.20 Å². The summed E-state index contributed by atoms with van der Waals surface area (Å²) in [5.74, 6) is 1.27. The van der Waals surface area contributed by atoms with Crippen LogP contribution in [0.25, 0.3) is 0 Å². The van der Waals surface area contributed by atoms with Crippen molar-refractivity contribution < 1.29 is 0 Å². The standard InChI is InChI=1S/C11H18N4.3ClH/c1-2-11-13-5-8-15(11)9-10(1)14-6-3-12-4-7-14;;;/h5,8,10,12H,1-4,6-7,9H2;3*1H. The molecule has 0 amide bonds. The lowest BCUT2D eigenvalue weighted by Gasteiger charge is -2.37. The third-order valence-electron chi connectivity index (χ3n) is 3.58. The van der Waals surface area contributed by atoms with Crippen LogP contribution in [0.5, 0.6) is 0 Å². The first kappa shape index (κ1) is 18.0. The van der Waals surface area contributed by atoms with Crippen LogP contribution in [-0.4, -0.2) is 46.7 Å². The average Bonchev–Trinajstić information content (AvgIpc) is 2.77. The molecule has 1 aromatic rings. The lowest BCUT2D eigenvalue weighted by atomic mass is 10.0. The van der Waals surface area contributed by atoms with Gasteiger partial charge in [-0.05, 0) is 6.42 Å². The van der Waals surface area contributed by atoms with Crippen molar-refractivity contribution >= 4 is 37.2 Å². The molecule has 7 heteroatoms. The van der Waals surface area contributed by atoms with Crippen molar-refractivity contribution in [2.45, 2.75) is 25.4 Å². The second kappa shape index (κ2) is 8.23. The van der Waals surface area contributed by atoms with Gasteiger partial charge >= 0.3 is 0 Å². The molecule has 4 nitrogen and oxygen atoms in total. The minimum atomic E-state index is 0. The van der Waals surface area contributed by atoms with Gasteiger partial charge < -0.3 is 9.88 Å². The molecule has 2 aliphatic heterocycles. The van der Waals surface area contributed by atoms with Crippen molar-refractivity contribution in [2.24, 2.45) is 0 Å². The number of hydrogen-bond acceptors (Lipinski definition) is 3. The highest BCUT2D eigenvalue weighted by Crippen LogP contribution is 2.18. The Labute approximate surface area is 127 Å². The topological polar surface area (TPSA) is 33.1 Å². The van der Waals surface area contributed by atoms with Crippen LogP contribution in [0.2, 0.25) is 0 Å². The van der Waals surface area contributed by atoms with Crippen LogP contribution >= 0.6 is 37.2 Å². The van der Waals surface area contributed by atoms with Crippen LogP contribution in [0.4, 0.5) is 0 Å². The third kappa shape index (κ3) is 3.75. The monoisotopic (exact) mass is 314 g/mol. The number of rotatable bonds is 1. The van der Waals surface area contributed by atoms with Crippen LogP contribution in [0.1, 0.15) is 12.2 Å². The van der Waals surface area contributed by atoms with E-state index < -0.39 is 0 Å². The molecule has 1 saturated heterocycles. The van der Waals surface area contributed by atoms with Gasteiger partial charge in [0.2, 0.25) is 0 Å². The second-order valence-electron chi connectivity index (χ2n) is 4.47. The molecule has 0 saturated carbocycles. The first-order chi connectivity index (χ1) is 7.43. The highest BCUT2D eigenvalue weighted by atomic mass is 35.5. The molecule has 1 aromatic heterocycles. The zero-order valence-corrected chi connectivity index (χ0v) is 12.7. The van der Waals surface area contributed by atoms with Gasteiger partial charge in [0, 0.05) is 57.6 Å². The summed E-state index contributed by atoms with van der Waals surface area (Å²) >= 11 is 0. The van der Waals surface area contributed by atoms with Gasteiger partial charge in [-0.2, -0.15) is 0 Å². The van der Waals surface area contributed by atoms with Crippen LogP contribution in [-0.2, 0) is 13.0 Å². The SMILES string of the molecule is Cl.Cl.Cl.c1cn2c(n1)CCC(N1CCNCC1)C2. The molecule has 2 aliphatic rings. The first-order valence-corrected chi connectivity index (χ1v) is 5.88. The van der Waals surface area contributed by atoms with E-state index in [4.69, 9.17) is 0 Å². The van der Waals surface area contributed by atoms with Crippen LogP contribution in [0.15, 0.2) is 12.4 Å². The van der Waals surface area contributed by atoms with Crippen LogP contribution in [0, 0.1) is 0 Å². The Morgan fingerprint density at radius 2 is 1.89 bits per heavy atom. The summed E-state index contributed by atoms with van der Waals surface area (Å²) in [6, 6.07) is 0.730.